The third-order valence-corrected chi connectivity index (χ3v) is 9.24. The predicted molar refractivity (Wildman–Crippen MR) is 116 cm³/mol. The van der Waals surface area contributed by atoms with Gasteiger partial charge in [-0.25, -0.2) is 0 Å². The molecule has 1 saturated heterocycles. The molecular weight excluding hydrogens is 431 g/mol. The number of ether oxygens (including phenoxy) is 1. The van der Waals surface area contributed by atoms with Crippen LogP contribution < -0.4 is 20.9 Å². The van der Waals surface area contributed by atoms with Crippen LogP contribution in [0.25, 0.3) is 10.9 Å². The zero-order valence-corrected chi connectivity index (χ0v) is 19.5. The van der Waals surface area contributed by atoms with Crippen molar-refractivity contribution in [2.24, 2.45) is 11.3 Å². The van der Waals surface area contributed by atoms with Gasteiger partial charge in [0.1, 0.15) is 0 Å². The quantitative estimate of drug-likeness (QED) is 0.691. The second-order valence-electron chi connectivity index (χ2n) is 8.73. The summed E-state index contributed by atoms with van der Waals surface area (Å²) in [6.07, 6.45) is 2.88. The van der Waals surface area contributed by atoms with Crippen molar-refractivity contribution in [2.75, 3.05) is 25.1 Å². The summed E-state index contributed by atoms with van der Waals surface area (Å²) >= 11 is 1.62. The molecule has 0 bridgehead atoms. The molecule has 0 amide bonds. The van der Waals surface area contributed by atoms with E-state index in [0.717, 1.165) is 38.0 Å². The van der Waals surface area contributed by atoms with Crippen LogP contribution in [-0.2, 0) is 0 Å². The number of methoxy groups -OCH3 is 1. The fourth-order valence-electron chi connectivity index (χ4n) is 4.40. The van der Waals surface area contributed by atoms with Gasteiger partial charge in [-0.3, -0.25) is 0 Å². The first kappa shape index (κ1) is 20.1. The molecule has 3 atom stereocenters. The molecule has 7 nitrogen and oxygen atoms in total. The van der Waals surface area contributed by atoms with Gasteiger partial charge >= 0.3 is 178 Å². The zero-order valence-electron chi connectivity index (χ0n) is 17.1. The summed E-state index contributed by atoms with van der Waals surface area (Å²) < 4.78 is 7.80. The van der Waals surface area contributed by atoms with E-state index in [2.05, 4.69) is 16.0 Å². The topological polar surface area (TPSA) is 91.1 Å². The van der Waals surface area contributed by atoms with Crippen molar-refractivity contribution in [1.82, 2.24) is 9.55 Å². The van der Waals surface area contributed by atoms with E-state index < -0.39 is 0 Å². The third-order valence-electron chi connectivity index (χ3n) is 6.35. The number of nitriles is 1. The van der Waals surface area contributed by atoms with Crippen molar-refractivity contribution in [3.8, 4) is 11.8 Å². The molecule has 4 rings (SSSR count). The van der Waals surface area contributed by atoms with Crippen LogP contribution in [0.2, 0.25) is 4.71 Å². The molecule has 1 N–H and O–H groups in total. The first-order valence-corrected chi connectivity index (χ1v) is 11.5. The molecular formula is C21H27AsN4O3. The minimum atomic E-state index is -0.377. The molecule has 2 heterocycles. The Balaban J connectivity index is 1.78. The molecule has 0 radical (unpaired) electrons. The van der Waals surface area contributed by atoms with Crippen molar-refractivity contribution in [3.05, 3.63) is 33.0 Å². The number of nitrogens with one attached hydrogen (secondary N) is 1. The van der Waals surface area contributed by atoms with Gasteiger partial charge in [-0.1, -0.05) is 0 Å². The van der Waals surface area contributed by atoms with E-state index in [9.17, 15) is 14.9 Å². The number of hydrogen-bond acceptors (Lipinski definition) is 5. The second kappa shape index (κ2) is 7.25. The first-order chi connectivity index (χ1) is 13.8. The van der Waals surface area contributed by atoms with Gasteiger partial charge in [0.2, 0.25) is 0 Å². The van der Waals surface area contributed by atoms with E-state index in [1.165, 1.54) is 0 Å². The number of nitrogens with zero attached hydrogens (tertiary/aromatic N) is 3. The van der Waals surface area contributed by atoms with Gasteiger partial charge in [0.05, 0.1) is 0 Å². The van der Waals surface area contributed by atoms with Crippen LogP contribution in [0.4, 0.5) is 5.69 Å². The fraction of sp³-hybridized carbons (Fsp3) is 0.571. The number of H-pyrrole nitrogens is 1. The van der Waals surface area contributed by atoms with Crippen LogP contribution in [0.5, 0.6) is 5.75 Å². The van der Waals surface area contributed by atoms with Crippen molar-refractivity contribution >= 4 is 33.4 Å². The Labute approximate surface area is 178 Å². The van der Waals surface area contributed by atoms with Crippen LogP contribution in [0.1, 0.15) is 39.2 Å². The molecule has 2 fully saturated rings. The number of benzene rings is 1. The fourth-order valence-corrected chi connectivity index (χ4v) is 5.22. The van der Waals surface area contributed by atoms with Crippen LogP contribution in [0.15, 0.2) is 21.7 Å². The zero-order chi connectivity index (χ0) is 20.9. The van der Waals surface area contributed by atoms with Gasteiger partial charge in [-0.2, -0.15) is 0 Å². The normalized spacial score (nSPS) is 20.7. The summed E-state index contributed by atoms with van der Waals surface area (Å²) in [5.74, 6) is 1.02. The van der Waals surface area contributed by atoms with Crippen molar-refractivity contribution in [1.29, 1.82) is 5.26 Å². The van der Waals surface area contributed by atoms with Crippen LogP contribution in [0, 0.1) is 22.7 Å². The summed E-state index contributed by atoms with van der Waals surface area (Å²) in [5.41, 5.74) is 0.411. The van der Waals surface area contributed by atoms with Crippen molar-refractivity contribution < 1.29 is 4.74 Å². The Morgan fingerprint density at radius 2 is 2.03 bits per heavy atom. The minimum absolute atomic E-state index is 0.122. The molecule has 8 heteroatoms. The number of aromatic amines is 1. The van der Waals surface area contributed by atoms with E-state index in [1.807, 2.05) is 19.9 Å². The Hall–Kier alpha value is -2.19. The Bertz CT molecular complexity index is 1110. The molecule has 0 spiro atoms. The van der Waals surface area contributed by atoms with E-state index in [-0.39, 0.29) is 22.7 Å². The number of fused-ring (bicyclic) bond motifs is 1. The van der Waals surface area contributed by atoms with E-state index >= 15 is 0 Å². The molecule has 1 aliphatic carbocycles. The molecule has 1 aliphatic heterocycles. The molecule has 2 aromatic rings. The van der Waals surface area contributed by atoms with Gasteiger partial charge in [-0.05, 0) is 0 Å². The van der Waals surface area contributed by atoms with Gasteiger partial charge in [0.25, 0.3) is 0 Å². The molecule has 29 heavy (non-hydrogen) atoms. The van der Waals surface area contributed by atoms with E-state index in [0.29, 0.717) is 27.3 Å². The summed E-state index contributed by atoms with van der Waals surface area (Å²) in [7, 11) is 1.60. The average Bonchev–Trinajstić information content (AvgIpc) is 3.41. The molecule has 2 aliphatic rings. The molecule has 1 saturated carbocycles. The number of hydrogen-bond donors (Lipinski definition) is 1. The number of rotatable bonds is 5. The number of anilines is 1. The van der Waals surface area contributed by atoms with E-state index in [4.69, 9.17) is 4.74 Å². The SMILES string of the molecule is COc1c(N2CCC(C([AsH2])C(C)(C)C#N)C2)ccc2c(=O)[nH]c(=O)n(C3CC3)c12. The molecule has 3 unspecified atom stereocenters. The number of aromatic nitrogens is 2. The maximum atomic E-state index is 12.5. The summed E-state index contributed by atoms with van der Waals surface area (Å²) in [4.78, 5) is 29.7. The van der Waals surface area contributed by atoms with Crippen LogP contribution in [-0.4, -0.2) is 46.6 Å². The third kappa shape index (κ3) is 3.38. The van der Waals surface area contributed by atoms with Crippen molar-refractivity contribution in [2.45, 2.75) is 43.9 Å². The Morgan fingerprint density at radius 3 is 2.66 bits per heavy atom. The van der Waals surface area contributed by atoms with Gasteiger partial charge in [-0.15, -0.1) is 0 Å². The molecule has 1 aromatic heterocycles. The summed E-state index contributed by atoms with van der Waals surface area (Å²) in [6.45, 7) is 5.73. The predicted octanol–water partition coefficient (Wildman–Crippen LogP) is 1.83. The molecule has 154 valence electrons. The summed E-state index contributed by atoms with van der Waals surface area (Å²) in [6, 6.07) is 6.29. The second-order valence-corrected chi connectivity index (χ2v) is 10.2. The van der Waals surface area contributed by atoms with Crippen molar-refractivity contribution in [3.63, 3.8) is 0 Å². The van der Waals surface area contributed by atoms with Crippen LogP contribution >= 0.6 is 0 Å². The molecule has 1 aromatic carbocycles. The standard InChI is InChI=1S/C21H27AsN4O3/c1-21(2,11-23)18(22)12-8-9-25(10-12)15-7-6-14-16(17(15)29-3)26(13-4-5-13)20(28)24-19(14)27/h6-7,12-13,18H,4-5,8-10,22H2,1-3H3,(H,24,27,28). The average molecular weight is 458 g/mol. The van der Waals surface area contributed by atoms with Gasteiger partial charge < -0.3 is 0 Å². The Morgan fingerprint density at radius 1 is 1.31 bits per heavy atom. The maximum absolute atomic E-state index is 12.5. The Kier molecular flexibility index (Phi) is 5.02. The van der Waals surface area contributed by atoms with Gasteiger partial charge in [0, 0.05) is 0 Å². The van der Waals surface area contributed by atoms with E-state index in [1.54, 1.807) is 34.6 Å². The van der Waals surface area contributed by atoms with Crippen LogP contribution in [0.3, 0.4) is 0 Å². The van der Waals surface area contributed by atoms with Gasteiger partial charge in [0.15, 0.2) is 0 Å². The first-order valence-electron chi connectivity index (χ1n) is 10.1. The summed E-state index contributed by atoms with van der Waals surface area (Å²) in [5, 5.41) is 9.99. The monoisotopic (exact) mass is 458 g/mol.